The maximum atomic E-state index is 11.6. The van der Waals surface area contributed by atoms with Crippen molar-refractivity contribution in [2.24, 2.45) is 0 Å². The zero-order valence-electron chi connectivity index (χ0n) is 16.8. The predicted octanol–water partition coefficient (Wildman–Crippen LogP) is 4.59. The molecule has 1 rings (SSSR count). The molecule has 0 unspecified atom stereocenters. The van der Waals surface area contributed by atoms with Crippen LogP contribution >= 0.6 is 0 Å². The second-order valence-corrected chi connectivity index (χ2v) is 7.98. The minimum Gasteiger partial charge on any atom is -0.426 e. The topological polar surface area (TPSA) is 52.6 Å². The zero-order chi connectivity index (χ0) is 19.3. The zero-order valence-corrected chi connectivity index (χ0v) is 16.8. The number of carbonyl (C=O) groups is 2. The average molecular weight is 336 g/mol. The normalized spacial score (nSPS) is 11.4. The van der Waals surface area contributed by atoms with Gasteiger partial charge < -0.3 is 9.47 Å². The van der Waals surface area contributed by atoms with Gasteiger partial charge in [0.25, 0.3) is 0 Å². The van der Waals surface area contributed by atoms with E-state index in [-0.39, 0.29) is 16.8 Å². The standard InChI is InChI=1S/C18H26O3.C2H6O/c1-11-9-14(17(3,4)5)16(21-12(2)20)15(13(11)10-19)18(6,7)8;1-3-2/h9-10H,1-8H3;1-2H3. The highest BCUT2D eigenvalue weighted by Crippen LogP contribution is 2.42. The Balaban J connectivity index is 0.00000163. The lowest BCUT2D eigenvalue weighted by atomic mass is 9.76. The fourth-order valence-electron chi connectivity index (χ4n) is 2.52. The van der Waals surface area contributed by atoms with Crippen LogP contribution in [0.1, 0.15) is 75.5 Å². The summed E-state index contributed by atoms with van der Waals surface area (Å²) < 4.78 is 9.78. The quantitative estimate of drug-likeness (QED) is 0.450. The van der Waals surface area contributed by atoms with Gasteiger partial charge in [0, 0.05) is 37.8 Å². The van der Waals surface area contributed by atoms with Gasteiger partial charge >= 0.3 is 5.97 Å². The van der Waals surface area contributed by atoms with Gasteiger partial charge in [0.2, 0.25) is 0 Å². The maximum Gasteiger partial charge on any atom is 0.308 e. The molecule has 0 N–H and O–H groups in total. The third-order valence-electron chi connectivity index (χ3n) is 3.45. The Morgan fingerprint density at radius 3 is 1.79 bits per heavy atom. The van der Waals surface area contributed by atoms with Gasteiger partial charge in [0.05, 0.1) is 0 Å². The molecule has 0 aromatic heterocycles. The molecule has 0 spiro atoms. The molecule has 4 nitrogen and oxygen atoms in total. The Morgan fingerprint density at radius 2 is 1.50 bits per heavy atom. The van der Waals surface area contributed by atoms with Crippen molar-refractivity contribution in [2.75, 3.05) is 14.2 Å². The molecule has 4 heteroatoms. The minimum absolute atomic E-state index is 0.184. The van der Waals surface area contributed by atoms with E-state index in [1.807, 2.05) is 33.8 Å². The van der Waals surface area contributed by atoms with E-state index in [1.54, 1.807) is 14.2 Å². The van der Waals surface area contributed by atoms with Crippen LogP contribution in [0.25, 0.3) is 0 Å². The van der Waals surface area contributed by atoms with E-state index >= 15 is 0 Å². The molecule has 0 atom stereocenters. The first-order chi connectivity index (χ1) is 10.8. The van der Waals surface area contributed by atoms with Crippen molar-refractivity contribution in [3.05, 3.63) is 28.3 Å². The Kier molecular flexibility index (Phi) is 7.84. The Labute approximate surface area is 146 Å². The SMILES string of the molecule is CC(=O)Oc1c(C(C)(C)C)cc(C)c(C=O)c1C(C)(C)C.COC. The van der Waals surface area contributed by atoms with E-state index in [9.17, 15) is 9.59 Å². The summed E-state index contributed by atoms with van der Waals surface area (Å²) in [6.07, 6.45) is 0.857. The molecule has 0 aliphatic rings. The highest BCUT2D eigenvalue weighted by molar-refractivity contribution is 5.84. The lowest BCUT2D eigenvalue weighted by Gasteiger charge is -2.31. The molecular formula is C20H32O4. The van der Waals surface area contributed by atoms with Gasteiger partial charge in [-0.3, -0.25) is 9.59 Å². The van der Waals surface area contributed by atoms with Gasteiger partial charge in [-0.15, -0.1) is 0 Å². The Hall–Kier alpha value is -1.68. The number of rotatable bonds is 2. The Morgan fingerprint density at radius 1 is 1.04 bits per heavy atom. The van der Waals surface area contributed by atoms with Crippen LogP contribution in [-0.4, -0.2) is 26.5 Å². The van der Waals surface area contributed by atoms with E-state index in [4.69, 9.17) is 4.74 Å². The van der Waals surface area contributed by atoms with Crippen molar-refractivity contribution < 1.29 is 19.1 Å². The first-order valence-corrected chi connectivity index (χ1v) is 8.03. The van der Waals surface area contributed by atoms with E-state index in [1.165, 1.54) is 6.92 Å². The molecule has 1 aromatic rings. The predicted molar refractivity (Wildman–Crippen MR) is 98.2 cm³/mol. The molecule has 0 saturated heterocycles. The first kappa shape index (κ1) is 22.3. The van der Waals surface area contributed by atoms with Crippen LogP contribution in [0.15, 0.2) is 6.07 Å². The van der Waals surface area contributed by atoms with Crippen LogP contribution in [0.5, 0.6) is 5.75 Å². The lowest BCUT2D eigenvalue weighted by molar-refractivity contribution is -0.132. The summed E-state index contributed by atoms with van der Waals surface area (Å²) in [4.78, 5) is 23.1. The molecule has 0 heterocycles. The van der Waals surface area contributed by atoms with Crippen molar-refractivity contribution in [3.63, 3.8) is 0 Å². The van der Waals surface area contributed by atoms with Crippen molar-refractivity contribution in [2.45, 2.75) is 66.2 Å². The highest BCUT2D eigenvalue weighted by Gasteiger charge is 2.31. The number of ether oxygens (including phenoxy) is 2. The molecule has 0 aliphatic heterocycles. The van der Waals surface area contributed by atoms with Gasteiger partial charge in [-0.1, -0.05) is 47.6 Å². The summed E-state index contributed by atoms with van der Waals surface area (Å²) in [6, 6.07) is 1.96. The molecule has 24 heavy (non-hydrogen) atoms. The fraction of sp³-hybridized carbons (Fsp3) is 0.600. The van der Waals surface area contributed by atoms with Crippen LogP contribution in [-0.2, 0) is 20.4 Å². The second kappa shape index (κ2) is 8.43. The number of methoxy groups -OCH3 is 1. The summed E-state index contributed by atoms with van der Waals surface area (Å²) in [5.74, 6) is 0.168. The van der Waals surface area contributed by atoms with Crippen LogP contribution in [0.2, 0.25) is 0 Å². The van der Waals surface area contributed by atoms with E-state index in [0.29, 0.717) is 11.3 Å². The minimum atomic E-state index is -0.369. The molecule has 0 fully saturated rings. The molecule has 1 aromatic carbocycles. The van der Waals surface area contributed by atoms with Gasteiger partial charge in [0.15, 0.2) is 6.29 Å². The molecule has 0 bridgehead atoms. The van der Waals surface area contributed by atoms with Gasteiger partial charge in [0.1, 0.15) is 5.75 Å². The number of hydrogen-bond donors (Lipinski definition) is 0. The number of benzene rings is 1. The third-order valence-corrected chi connectivity index (χ3v) is 3.45. The van der Waals surface area contributed by atoms with Crippen LogP contribution in [0.3, 0.4) is 0 Å². The van der Waals surface area contributed by atoms with E-state index in [2.05, 4.69) is 25.5 Å². The highest BCUT2D eigenvalue weighted by atomic mass is 16.5. The molecular weight excluding hydrogens is 304 g/mol. The van der Waals surface area contributed by atoms with E-state index in [0.717, 1.165) is 23.0 Å². The van der Waals surface area contributed by atoms with Crippen LogP contribution in [0, 0.1) is 6.92 Å². The number of esters is 1. The second-order valence-electron chi connectivity index (χ2n) is 7.98. The smallest absolute Gasteiger partial charge is 0.308 e. The van der Waals surface area contributed by atoms with Crippen molar-refractivity contribution in [1.29, 1.82) is 0 Å². The number of aldehydes is 1. The van der Waals surface area contributed by atoms with Gasteiger partial charge in [-0.25, -0.2) is 0 Å². The molecule has 136 valence electrons. The van der Waals surface area contributed by atoms with Crippen molar-refractivity contribution in [3.8, 4) is 5.75 Å². The number of aryl methyl sites for hydroxylation is 1. The summed E-state index contributed by atoms with van der Waals surface area (Å²) in [7, 11) is 3.25. The number of carbonyl (C=O) groups excluding carboxylic acids is 2. The maximum absolute atomic E-state index is 11.6. The third kappa shape index (κ3) is 5.75. The van der Waals surface area contributed by atoms with Crippen LogP contribution in [0.4, 0.5) is 0 Å². The molecule has 0 radical (unpaired) electrons. The monoisotopic (exact) mass is 336 g/mol. The largest absolute Gasteiger partial charge is 0.426 e. The molecule has 0 aliphatic carbocycles. The summed E-state index contributed by atoms with van der Waals surface area (Å²) in [5, 5.41) is 0. The van der Waals surface area contributed by atoms with Crippen molar-refractivity contribution >= 4 is 12.3 Å². The van der Waals surface area contributed by atoms with Gasteiger partial charge in [-0.05, 0) is 23.3 Å². The Bertz CT molecular complexity index is 587. The summed E-state index contributed by atoms with van der Waals surface area (Å²) in [6.45, 7) is 15.6. The number of hydrogen-bond acceptors (Lipinski definition) is 4. The lowest BCUT2D eigenvalue weighted by Crippen LogP contribution is -2.23. The van der Waals surface area contributed by atoms with Gasteiger partial charge in [-0.2, -0.15) is 0 Å². The molecule has 0 saturated carbocycles. The average Bonchev–Trinajstić information content (AvgIpc) is 2.37. The summed E-state index contributed by atoms with van der Waals surface area (Å²) >= 11 is 0. The van der Waals surface area contributed by atoms with Crippen molar-refractivity contribution in [1.82, 2.24) is 0 Å². The first-order valence-electron chi connectivity index (χ1n) is 8.03. The van der Waals surface area contributed by atoms with E-state index < -0.39 is 0 Å². The van der Waals surface area contributed by atoms with Crippen LogP contribution < -0.4 is 4.74 Å². The summed E-state index contributed by atoms with van der Waals surface area (Å²) in [5.41, 5.74) is 2.80. The fourth-order valence-corrected chi connectivity index (χ4v) is 2.52. The molecule has 0 amide bonds.